The zero-order valence-electron chi connectivity index (χ0n) is 7.55. The van der Waals surface area contributed by atoms with Crippen LogP contribution in [0.2, 0.25) is 0 Å². The molecule has 0 saturated carbocycles. The van der Waals surface area contributed by atoms with Gasteiger partial charge < -0.3 is 15.3 Å². The molecule has 1 rings (SSSR count). The third kappa shape index (κ3) is 2.55. The van der Waals surface area contributed by atoms with Crippen LogP contribution in [0.4, 0.5) is 0 Å². The number of benzene rings is 1. The molecule has 1 aromatic rings. The molecule has 0 bridgehead atoms. The molecule has 4 nitrogen and oxygen atoms in total. The van der Waals surface area contributed by atoms with Crippen molar-refractivity contribution in [2.75, 3.05) is 6.61 Å². The number of carboxylic acids is 1. The first-order chi connectivity index (χ1) is 6.65. The molecule has 1 atom stereocenters. The number of carbonyl (C=O) groups is 1. The van der Waals surface area contributed by atoms with E-state index in [4.69, 9.17) is 10.2 Å². The average molecular weight is 196 g/mol. The van der Waals surface area contributed by atoms with E-state index in [1.54, 1.807) is 18.2 Å². The summed E-state index contributed by atoms with van der Waals surface area (Å²) in [4.78, 5) is 10.7. The second-order valence-electron chi connectivity index (χ2n) is 3.00. The minimum absolute atomic E-state index is 0.152. The Morgan fingerprint density at radius 1 is 1.36 bits per heavy atom. The van der Waals surface area contributed by atoms with E-state index in [0.717, 1.165) is 0 Å². The van der Waals surface area contributed by atoms with Gasteiger partial charge in [0.1, 0.15) is 0 Å². The van der Waals surface area contributed by atoms with Crippen LogP contribution in [0.15, 0.2) is 24.3 Å². The predicted molar refractivity (Wildman–Crippen MR) is 50.2 cm³/mol. The summed E-state index contributed by atoms with van der Waals surface area (Å²) in [5.74, 6) is -1.02. The van der Waals surface area contributed by atoms with E-state index in [0.29, 0.717) is 5.56 Å². The third-order valence-corrected chi connectivity index (χ3v) is 1.91. The SMILES string of the molecule is O=C(O)c1ccccc1CC(O)CO. The molecule has 4 heteroatoms. The number of hydrogen-bond donors (Lipinski definition) is 3. The summed E-state index contributed by atoms with van der Waals surface area (Å²) in [6.07, 6.45) is -0.755. The largest absolute Gasteiger partial charge is 0.478 e. The van der Waals surface area contributed by atoms with Crippen molar-refractivity contribution in [1.82, 2.24) is 0 Å². The summed E-state index contributed by atoms with van der Waals surface area (Å²) in [6.45, 7) is -0.367. The normalized spacial score (nSPS) is 12.4. The quantitative estimate of drug-likeness (QED) is 0.646. The van der Waals surface area contributed by atoms with Gasteiger partial charge in [-0.1, -0.05) is 18.2 Å². The Balaban J connectivity index is 2.90. The Morgan fingerprint density at radius 2 is 2.00 bits per heavy atom. The van der Waals surface area contributed by atoms with Crippen LogP contribution in [0.25, 0.3) is 0 Å². The van der Waals surface area contributed by atoms with Crippen LogP contribution in [0.3, 0.4) is 0 Å². The Morgan fingerprint density at radius 3 is 2.57 bits per heavy atom. The summed E-state index contributed by atoms with van der Waals surface area (Å²) in [7, 11) is 0. The van der Waals surface area contributed by atoms with Gasteiger partial charge >= 0.3 is 5.97 Å². The predicted octanol–water partition coefficient (Wildman–Crippen LogP) is 0.281. The van der Waals surface area contributed by atoms with E-state index in [1.807, 2.05) is 0 Å². The van der Waals surface area contributed by atoms with Crippen molar-refractivity contribution in [2.45, 2.75) is 12.5 Å². The van der Waals surface area contributed by atoms with Crippen LogP contribution in [-0.2, 0) is 6.42 Å². The summed E-state index contributed by atoms with van der Waals surface area (Å²) in [5, 5.41) is 26.6. The molecule has 76 valence electrons. The molecule has 1 aromatic carbocycles. The molecular weight excluding hydrogens is 184 g/mol. The lowest BCUT2D eigenvalue weighted by Crippen LogP contribution is -2.17. The third-order valence-electron chi connectivity index (χ3n) is 1.91. The van der Waals surface area contributed by atoms with Gasteiger partial charge in [0.25, 0.3) is 0 Å². The highest BCUT2D eigenvalue weighted by molar-refractivity contribution is 5.89. The smallest absolute Gasteiger partial charge is 0.335 e. The summed E-state index contributed by atoms with van der Waals surface area (Å²) in [5.41, 5.74) is 0.696. The molecule has 0 aliphatic heterocycles. The van der Waals surface area contributed by atoms with Crippen LogP contribution in [-0.4, -0.2) is 34.0 Å². The monoisotopic (exact) mass is 196 g/mol. The van der Waals surface area contributed by atoms with Crippen LogP contribution < -0.4 is 0 Å². The molecule has 0 spiro atoms. The standard InChI is InChI=1S/C10H12O4/c11-6-8(12)5-7-3-1-2-4-9(7)10(13)14/h1-4,8,11-12H,5-6H2,(H,13,14). The van der Waals surface area contributed by atoms with E-state index >= 15 is 0 Å². The maximum absolute atomic E-state index is 10.7. The molecule has 14 heavy (non-hydrogen) atoms. The Hall–Kier alpha value is -1.39. The van der Waals surface area contributed by atoms with Crippen molar-refractivity contribution in [2.24, 2.45) is 0 Å². The first-order valence-corrected chi connectivity index (χ1v) is 4.25. The van der Waals surface area contributed by atoms with Gasteiger partial charge in [-0.3, -0.25) is 0 Å². The summed E-state index contributed by atoms with van der Waals surface area (Å²) >= 11 is 0. The van der Waals surface area contributed by atoms with Crippen molar-refractivity contribution in [3.8, 4) is 0 Å². The molecule has 0 saturated heterocycles. The second-order valence-corrected chi connectivity index (χ2v) is 3.00. The first-order valence-electron chi connectivity index (χ1n) is 4.25. The van der Waals surface area contributed by atoms with Crippen molar-refractivity contribution in [1.29, 1.82) is 0 Å². The Kier molecular flexibility index (Phi) is 3.62. The molecule has 0 aliphatic carbocycles. The summed E-state index contributed by atoms with van der Waals surface area (Å²) < 4.78 is 0. The van der Waals surface area contributed by atoms with E-state index in [-0.39, 0.29) is 18.6 Å². The molecule has 1 unspecified atom stereocenters. The van der Waals surface area contributed by atoms with Crippen LogP contribution in [0, 0.1) is 0 Å². The number of aliphatic hydroxyl groups is 2. The Bertz CT molecular complexity index is 322. The molecule has 0 amide bonds. The molecule has 0 radical (unpaired) electrons. The van der Waals surface area contributed by atoms with Crippen LogP contribution in [0.1, 0.15) is 15.9 Å². The van der Waals surface area contributed by atoms with Gasteiger partial charge in [-0.25, -0.2) is 4.79 Å². The number of carboxylic acid groups (broad SMARTS) is 1. The second kappa shape index (κ2) is 4.74. The van der Waals surface area contributed by atoms with Gasteiger partial charge in [-0.2, -0.15) is 0 Å². The Labute approximate surface area is 81.4 Å². The summed E-state index contributed by atoms with van der Waals surface area (Å²) in [6, 6.07) is 6.42. The van der Waals surface area contributed by atoms with Gasteiger partial charge in [-0.05, 0) is 11.6 Å². The van der Waals surface area contributed by atoms with Crippen molar-refractivity contribution in [3.05, 3.63) is 35.4 Å². The van der Waals surface area contributed by atoms with Crippen molar-refractivity contribution >= 4 is 5.97 Å². The number of aromatic carboxylic acids is 1. The molecule has 0 heterocycles. The molecule has 3 N–H and O–H groups in total. The minimum Gasteiger partial charge on any atom is -0.478 e. The van der Waals surface area contributed by atoms with E-state index in [2.05, 4.69) is 0 Å². The highest BCUT2D eigenvalue weighted by atomic mass is 16.4. The minimum atomic E-state index is -1.02. The fourth-order valence-electron chi connectivity index (χ4n) is 1.23. The molecule has 0 fully saturated rings. The topological polar surface area (TPSA) is 77.8 Å². The average Bonchev–Trinajstić information content (AvgIpc) is 2.18. The maximum Gasteiger partial charge on any atom is 0.335 e. The zero-order valence-corrected chi connectivity index (χ0v) is 7.55. The lowest BCUT2D eigenvalue weighted by Gasteiger charge is -2.09. The molecule has 0 aromatic heterocycles. The lowest BCUT2D eigenvalue weighted by molar-refractivity contribution is 0.0691. The van der Waals surface area contributed by atoms with E-state index in [9.17, 15) is 9.90 Å². The fourth-order valence-corrected chi connectivity index (χ4v) is 1.23. The van der Waals surface area contributed by atoms with Crippen LogP contribution >= 0.6 is 0 Å². The van der Waals surface area contributed by atoms with Crippen LogP contribution in [0.5, 0.6) is 0 Å². The van der Waals surface area contributed by atoms with E-state index < -0.39 is 12.1 Å². The van der Waals surface area contributed by atoms with Gasteiger partial charge in [0.2, 0.25) is 0 Å². The highest BCUT2D eigenvalue weighted by Gasteiger charge is 2.11. The van der Waals surface area contributed by atoms with Gasteiger partial charge in [0.05, 0.1) is 18.3 Å². The maximum atomic E-state index is 10.7. The van der Waals surface area contributed by atoms with Crippen molar-refractivity contribution in [3.63, 3.8) is 0 Å². The molecular formula is C10H12O4. The van der Waals surface area contributed by atoms with Gasteiger partial charge in [-0.15, -0.1) is 0 Å². The fraction of sp³-hybridized carbons (Fsp3) is 0.300. The van der Waals surface area contributed by atoms with E-state index in [1.165, 1.54) is 6.07 Å². The lowest BCUT2D eigenvalue weighted by atomic mass is 10.0. The number of aliphatic hydroxyl groups excluding tert-OH is 2. The van der Waals surface area contributed by atoms with Crippen molar-refractivity contribution < 1.29 is 20.1 Å². The highest BCUT2D eigenvalue weighted by Crippen LogP contribution is 2.11. The van der Waals surface area contributed by atoms with Gasteiger partial charge in [0, 0.05) is 6.42 Å². The number of hydrogen-bond acceptors (Lipinski definition) is 3. The zero-order chi connectivity index (χ0) is 10.6. The molecule has 0 aliphatic rings. The van der Waals surface area contributed by atoms with Gasteiger partial charge in [0.15, 0.2) is 0 Å². The first kappa shape index (κ1) is 10.7. The number of rotatable bonds is 4.